The first-order valence-electron chi connectivity index (χ1n) is 10.3. The predicted molar refractivity (Wildman–Crippen MR) is 115 cm³/mol. The van der Waals surface area contributed by atoms with E-state index in [4.69, 9.17) is 9.47 Å². The summed E-state index contributed by atoms with van der Waals surface area (Å²) < 4.78 is 11.4. The third kappa shape index (κ3) is 4.69. The van der Waals surface area contributed by atoms with Gasteiger partial charge in [-0.25, -0.2) is 4.98 Å². The number of aromatic nitrogens is 2. The maximum atomic E-state index is 6.13. The molecule has 3 aromatic rings. The van der Waals surface area contributed by atoms with E-state index < -0.39 is 0 Å². The van der Waals surface area contributed by atoms with E-state index in [1.54, 1.807) is 7.11 Å². The monoisotopic (exact) mass is 391 g/mol. The number of ether oxygens (including phenoxy) is 2. The molecule has 0 bridgehead atoms. The van der Waals surface area contributed by atoms with Crippen LogP contribution in [0.5, 0.6) is 5.75 Å². The number of nitrogens with one attached hydrogen (secondary N) is 1. The van der Waals surface area contributed by atoms with Crippen LogP contribution in [-0.2, 0) is 11.3 Å². The summed E-state index contributed by atoms with van der Waals surface area (Å²) in [5, 5.41) is 0. The van der Waals surface area contributed by atoms with Crippen LogP contribution < -0.4 is 4.74 Å². The molecule has 0 amide bonds. The highest BCUT2D eigenvalue weighted by molar-refractivity contribution is 5.64. The van der Waals surface area contributed by atoms with Crippen LogP contribution in [-0.4, -0.2) is 41.2 Å². The average molecular weight is 392 g/mol. The van der Waals surface area contributed by atoms with E-state index in [-0.39, 0.29) is 6.10 Å². The molecule has 152 valence electrons. The summed E-state index contributed by atoms with van der Waals surface area (Å²) in [4.78, 5) is 10.1. The number of methoxy groups -OCH3 is 1. The van der Waals surface area contributed by atoms with Crippen LogP contribution in [0.4, 0.5) is 0 Å². The van der Waals surface area contributed by atoms with Gasteiger partial charge in [0.25, 0.3) is 0 Å². The number of rotatable bonds is 7. The van der Waals surface area contributed by atoms with Crippen molar-refractivity contribution < 1.29 is 9.47 Å². The largest absolute Gasteiger partial charge is 0.497 e. The van der Waals surface area contributed by atoms with Crippen LogP contribution in [0.3, 0.4) is 0 Å². The van der Waals surface area contributed by atoms with Crippen molar-refractivity contribution in [2.75, 3.05) is 20.3 Å². The van der Waals surface area contributed by atoms with Gasteiger partial charge in [-0.1, -0.05) is 43.3 Å². The molecule has 0 aliphatic carbocycles. The van der Waals surface area contributed by atoms with Gasteiger partial charge in [-0.3, -0.25) is 4.90 Å². The zero-order chi connectivity index (χ0) is 20.1. The van der Waals surface area contributed by atoms with Gasteiger partial charge in [0.1, 0.15) is 11.6 Å². The molecule has 0 spiro atoms. The molecule has 2 heterocycles. The van der Waals surface area contributed by atoms with Crippen molar-refractivity contribution in [1.29, 1.82) is 0 Å². The minimum atomic E-state index is 0.143. The van der Waals surface area contributed by atoms with Crippen LogP contribution >= 0.6 is 0 Å². The van der Waals surface area contributed by atoms with Crippen LogP contribution in [0.1, 0.15) is 37.3 Å². The van der Waals surface area contributed by atoms with Crippen molar-refractivity contribution >= 4 is 0 Å². The van der Waals surface area contributed by atoms with Gasteiger partial charge in [0.15, 0.2) is 0 Å². The summed E-state index contributed by atoms with van der Waals surface area (Å²) in [5.74, 6) is 1.90. The van der Waals surface area contributed by atoms with Crippen LogP contribution in [0.2, 0.25) is 0 Å². The molecule has 1 aromatic heterocycles. The summed E-state index contributed by atoms with van der Waals surface area (Å²) in [6, 6.07) is 17.5. The van der Waals surface area contributed by atoms with Gasteiger partial charge < -0.3 is 14.5 Å². The molecule has 1 saturated heterocycles. The number of imidazole rings is 1. The van der Waals surface area contributed by atoms with Gasteiger partial charge in [0.2, 0.25) is 0 Å². The van der Waals surface area contributed by atoms with Crippen molar-refractivity contribution in [1.82, 2.24) is 14.9 Å². The molecule has 1 aliphatic heterocycles. The maximum absolute atomic E-state index is 6.13. The number of benzene rings is 2. The van der Waals surface area contributed by atoms with E-state index in [0.717, 1.165) is 44.1 Å². The van der Waals surface area contributed by atoms with E-state index in [0.29, 0.717) is 6.04 Å². The zero-order valence-corrected chi connectivity index (χ0v) is 17.2. The number of hydrogen-bond acceptors (Lipinski definition) is 4. The van der Waals surface area contributed by atoms with Gasteiger partial charge >= 0.3 is 0 Å². The van der Waals surface area contributed by atoms with Gasteiger partial charge in [-0.05, 0) is 48.2 Å². The Morgan fingerprint density at radius 3 is 2.45 bits per heavy atom. The first kappa shape index (κ1) is 19.7. The van der Waals surface area contributed by atoms with E-state index in [1.807, 2.05) is 24.5 Å². The summed E-state index contributed by atoms with van der Waals surface area (Å²) >= 11 is 0. The van der Waals surface area contributed by atoms with Crippen molar-refractivity contribution in [3.63, 3.8) is 0 Å². The Balaban J connectivity index is 1.43. The molecule has 1 fully saturated rings. The summed E-state index contributed by atoms with van der Waals surface area (Å²) in [6.07, 6.45) is 5.93. The van der Waals surface area contributed by atoms with Gasteiger partial charge in [-0.15, -0.1) is 0 Å². The number of H-pyrrole nitrogens is 1. The average Bonchev–Trinajstić information content (AvgIpc) is 3.31. The highest BCUT2D eigenvalue weighted by atomic mass is 16.5. The molecule has 2 aromatic carbocycles. The van der Waals surface area contributed by atoms with E-state index in [1.165, 1.54) is 16.7 Å². The second-order valence-corrected chi connectivity index (χ2v) is 7.49. The maximum Gasteiger partial charge on any atom is 0.120 e. The molecule has 2 atom stereocenters. The molecule has 0 saturated carbocycles. The minimum absolute atomic E-state index is 0.143. The molecule has 5 heteroatoms. The van der Waals surface area contributed by atoms with Crippen molar-refractivity contribution in [2.24, 2.45) is 0 Å². The Kier molecular flexibility index (Phi) is 6.27. The first-order valence-corrected chi connectivity index (χ1v) is 10.3. The van der Waals surface area contributed by atoms with Crippen molar-refractivity contribution in [3.05, 3.63) is 72.3 Å². The second-order valence-electron chi connectivity index (χ2n) is 7.49. The molecule has 0 unspecified atom stereocenters. The smallest absolute Gasteiger partial charge is 0.120 e. The quantitative estimate of drug-likeness (QED) is 0.627. The fourth-order valence-corrected chi connectivity index (χ4v) is 4.09. The standard InChI is InChI=1S/C24H29N3O2/c1-3-27(17-24-25-13-14-26-24)21-12-15-29-23(16-21)20-6-4-18(5-7-20)19-8-10-22(28-2)11-9-19/h4-11,13-14,21,23H,3,12,15-17H2,1-2H3,(H,25,26)/t21-,23+/m0/s1. The van der Waals surface area contributed by atoms with Gasteiger partial charge in [0, 0.05) is 25.0 Å². The van der Waals surface area contributed by atoms with Crippen LogP contribution in [0.25, 0.3) is 11.1 Å². The first-order chi connectivity index (χ1) is 14.3. The highest BCUT2D eigenvalue weighted by Gasteiger charge is 2.28. The summed E-state index contributed by atoms with van der Waals surface area (Å²) in [6.45, 7) is 4.88. The molecule has 5 nitrogen and oxygen atoms in total. The molecular weight excluding hydrogens is 362 g/mol. The van der Waals surface area contributed by atoms with Gasteiger partial charge in [0.05, 0.1) is 19.8 Å². The SMILES string of the molecule is CCN(Cc1ncc[nH]1)[C@H]1CCO[C@@H](c2ccc(-c3ccc(OC)cc3)cc2)C1. The van der Waals surface area contributed by atoms with E-state index in [2.05, 4.69) is 58.2 Å². The zero-order valence-electron chi connectivity index (χ0n) is 17.2. The molecule has 1 N–H and O–H groups in total. The van der Waals surface area contributed by atoms with Crippen molar-refractivity contribution in [3.8, 4) is 16.9 Å². The molecule has 4 rings (SSSR count). The third-order valence-corrected chi connectivity index (χ3v) is 5.79. The Morgan fingerprint density at radius 1 is 1.10 bits per heavy atom. The van der Waals surface area contributed by atoms with E-state index >= 15 is 0 Å². The Bertz CT molecular complexity index is 876. The van der Waals surface area contributed by atoms with Crippen LogP contribution in [0.15, 0.2) is 60.9 Å². The highest BCUT2D eigenvalue weighted by Crippen LogP contribution is 2.32. The fourth-order valence-electron chi connectivity index (χ4n) is 4.09. The lowest BCUT2D eigenvalue weighted by atomic mass is 9.94. The Hall–Kier alpha value is -2.63. The number of aromatic amines is 1. The summed E-state index contributed by atoms with van der Waals surface area (Å²) in [5.41, 5.74) is 3.65. The van der Waals surface area contributed by atoms with Crippen LogP contribution in [0, 0.1) is 0 Å². The Labute approximate surface area is 172 Å². The lowest BCUT2D eigenvalue weighted by molar-refractivity contribution is -0.0299. The topological polar surface area (TPSA) is 50.4 Å². The number of nitrogens with zero attached hydrogens (tertiary/aromatic N) is 2. The fraction of sp³-hybridized carbons (Fsp3) is 0.375. The molecule has 0 radical (unpaired) electrons. The lowest BCUT2D eigenvalue weighted by Gasteiger charge is -2.37. The summed E-state index contributed by atoms with van der Waals surface area (Å²) in [7, 11) is 1.69. The van der Waals surface area contributed by atoms with Crippen molar-refractivity contribution in [2.45, 2.75) is 38.5 Å². The molecular formula is C24H29N3O2. The Morgan fingerprint density at radius 2 is 1.83 bits per heavy atom. The minimum Gasteiger partial charge on any atom is -0.497 e. The van der Waals surface area contributed by atoms with E-state index in [9.17, 15) is 0 Å². The van der Waals surface area contributed by atoms with Gasteiger partial charge in [-0.2, -0.15) is 0 Å². The lowest BCUT2D eigenvalue weighted by Crippen LogP contribution is -2.40. The number of hydrogen-bond donors (Lipinski definition) is 1. The normalized spacial score (nSPS) is 19.4. The third-order valence-electron chi connectivity index (χ3n) is 5.79. The predicted octanol–water partition coefficient (Wildman–Crippen LogP) is 4.83. The molecule has 1 aliphatic rings. The second kappa shape index (κ2) is 9.25. The molecule has 29 heavy (non-hydrogen) atoms.